The molecule has 0 saturated carbocycles. The first kappa shape index (κ1) is 16.0. The van der Waals surface area contributed by atoms with Crippen molar-refractivity contribution in [2.75, 3.05) is 24.6 Å². The van der Waals surface area contributed by atoms with Crippen LogP contribution in [0.4, 0.5) is 5.95 Å². The fourth-order valence-corrected chi connectivity index (χ4v) is 3.20. The third kappa shape index (κ3) is 3.49. The number of hydrogen-bond donors (Lipinski definition) is 0. The molecule has 1 unspecified atom stereocenters. The zero-order chi connectivity index (χ0) is 17.1. The van der Waals surface area contributed by atoms with Gasteiger partial charge >= 0.3 is 0 Å². The standard InChI is InChI=1S/C19H22N4O2/c1-2-10-24-15-7-5-9-23(13-15)19-21-16(12-20-22-19)18-11-14-6-3-4-8-17(14)25-18/h3-4,6,8,11-12,15H,2,5,7,9-10,13H2,1H3. The van der Waals surface area contributed by atoms with E-state index in [0.29, 0.717) is 17.4 Å². The molecule has 1 atom stereocenters. The number of ether oxygens (including phenoxy) is 1. The van der Waals surface area contributed by atoms with E-state index in [9.17, 15) is 0 Å². The zero-order valence-corrected chi connectivity index (χ0v) is 14.4. The van der Waals surface area contributed by atoms with Crippen LogP contribution in [0.5, 0.6) is 0 Å². The van der Waals surface area contributed by atoms with Gasteiger partial charge < -0.3 is 14.1 Å². The molecule has 130 valence electrons. The third-order valence-corrected chi connectivity index (χ3v) is 4.44. The lowest BCUT2D eigenvalue weighted by atomic mass is 10.1. The predicted molar refractivity (Wildman–Crippen MR) is 96.5 cm³/mol. The first-order chi connectivity index (χ1) is 12.3. The molecule has 0 spiro atoms. The van der Waals surface area contributed by atoms with Gasteiger partial charge in [0.25, 0.3) is 0 Å². The highest BCUT2D eigenvalue weighted by atomic mass is 16.5. The van der Waals surface area contributed by atoms with Gasteiger partial charge in [-0.1, -0.05) is 25.1 Å². The normalized spacial score (nSPS) is 18.0. The van der Waals surface area contributed by atoms with Gasteiger partial charge in [0.05, 0.1) is 12.3 Å². The summed E-state index contributed by atoms with van der Waals surface area (Å²) in [6.07, 6.45) is 5.10. The van der Waals surface area contributed by atoms with Crippen molar-refractivity contribution in [2.45, 2.75) is 32.3 Å². The molecule has 3 heterocycles. The quantitative estimate of drug-likeness (QED) is 0.707. The maximum absolute atomic E-state index is 5.90. The summed E-state index contributed by atoms with van der Waals surface area (Å²) >= 11 is 0. The van der Waals surface area contributed by atoms with Crippen LogP contribution in [0.2, 0.25) is 0 Å². The Kier molecular flexibility index (Phi) is 4.61. The van der Waals surface area contributed by atoms with Crippen molar-refractivity contribution >= 4 is 16.9 Å². The first-order valence-corrected chi connectivity index (χ1v) is 8.88. The minimum absolute atomic E-state index is 0.243. The average molecular weight is 338 g/mol. The third-order valence-electron chi connectivity index (χ3n) is 4.44. The molecule has 0 amide bonds. The summed E-state index contributed by atoms with van der Waals surface area (Å²) in [5, 5.41) is 9.42. The molecule has 0 bridgehead atoms. The Morgan fingerprint density at radius 3 is 3.12 bits per heavy atom. The molecule has 1 saturated heterocycles. The fourth-order valence-electron chi connectivity index (χ4n) is 3.20. The lowest BCUT2D eigenvalue weighted by molar-refractivity contribution is 0.0437. The number of aromatic nitrogens is 3. The van der Waals surface area contributed by atoms with Crippen molar-refractivity contribution in [1.82, 2.24) is 15.2 Å². The van der Waals surface area contributed by atoms with Gasteiger partial charge in [0.15, 0.2) is 5.76 Å². The highest BCUT2D eigenvalue weighted by Crippen LogP contribution is 2.27. The molecule has 0 aliphatic carbocycles. The molecular formula is C19H22N4O2. The molecule has 1 aromatic carbocycles. The second-order valence-corrected chi connectivity index (χ2v) is 6.37. The van der Waals surface area contributed by atoms with E-state index in [-0.39, 0.29) is 6.10 Å². The van der Waals surface area contributed by atoms with E-state index < -0.39 is 0 Å². The minimum atomic E-state index is 0.243. The molecule has 0 N–H and O–H groups in total. The maximum atomic E-state index is 5.90. The van der Waals surface area contributed by atoms with Crippen LogP contribution in [-0.4, -0.2) is 41.0 Å². The van der Waals surface area contributed by atoms with E-state index in [2.05, 4.69) is 27.0 Å². The smallest absolute Gasteiger partial charge is 0.246 e. The van der Waals surface area contributed by atoms with Gasteiger partial charge in [-0.3, -0.25) is 0 Å². The summed E-state index contributed by atoms with van der Waals surface area (Å²) < 4.78 is 11.8. The van der Waals surface area contributed by atoms with Crippen molar-refractivity contribution in [3.63, 3.8) is 0 Å². The summed E-state index contributed by atoms with van der Waals surface area (Å²) in [7, 11) is 0. The number of furan rings is 1. The van der Waals surface area contributed by atoms with Crippen molar-refractivity contribution in [1.29, 1.82) is 0 Å². The van der Waals surface area contributed by atoms with E-state index in [1.54, 1.807) is 6.20 Å². The second kappa shape index (κ2) is 7.19. The summed E-state index contributed by atoms with van der Waals surface area (Å²) in [6, 6.07) is 9.93. The van der Waals surface area contributed by atoms with Crippen LogP contribution in [0.3, 0.4) is 0 Å². The fraction of sp³-hybridized carbons (Fsp3) is 0.421. The van der Waals surface area contributed by atoms with E-state index >= 15 is 0 Å². The van der Waals surface area contributed by atoms with Gasteiger partial charge in [0, 0.05) is 25.1 Å². The van der Waals surface area contributed by atoms with E-state index in [1.165, 1.54) is 0 Å². The van der Waals surface area contributed by atoms with Crippen LogP contribution in [0.1, 0.15) is 26.2 Å². The highest BCUT2D eigenvalue weighted by Gasteiger charge is 2.23. The van der Waals surface area contributed by atoms with Crippen molar-refractivity contribution in [2.24, 2.45) is 0 Å². The molecule has 1 aliphatic rings. The summed E-state index contributed by atoms with van der Waals surface area (Å²) in [5.74, 6) is 1.36. The number of benzene rings is 1. The Labute approximate surface area is 146 Å². The minimum Gasteiger partial charge on any atom is -0.454 e. The van der Waals surface area contributed by atoms with Crippen molar-refractivity contribution < 1.29 is 9.15 Å². The molecule has 6 heteroatoms. The Balaban J connectivity index is 1.56. The number of piperidine rings is 1. The van der Waals surface area contributed by atoms with E-state index in [4.69, 9.17) is 9.15 Å². The largest absolute Gasteiger partial charge is 0.454 e. The molecular weight excluding hydrogens is 316 g/mol. The van der Waals surface area contributed by atoms with Crippen molar-refractivity contribution in [3.05, 3.63) is 36.5 Å². The zero-order valence-electron chi connectivity index (χ0n) is 14.4. The van der Waals surface area contributed by atoms with Gasteiger partial charge in [-0.25, -0.2) is 4.98 Å². The molecule has 25 heavy (non-hydrogen) atoms. The number of fused-ring (bicyclic) bond motifs is 1. The van der Waals surface area contributed by atoms with Gasteiger partial charge in [-0.15, -0.1) is 5.10 Å². The van der Waals surface area contributed by atoms with Crippen molar-refractivity contribution in [3.8, 4) is 11.5 Å². The Hall–Kier alpha value is -2.47. The SMILES string of the molecule is CCCOC1CCCN(c2nncc(-c3cc4ccccc4o3)n2)C1. The topological polar surface area (TPSA) is 64.3 Å². The van der Waals surface area contributed by atoms with Gasteiger partial charge in [0.2, 0.25) is 5.95 Å². The van der Waals surface area contributed by atoms with E-state index in [0.717, 1.165) is 49.9 Å². The van der Waals surface area contributed by atoms with Crippen LogP contribution in [-0.2, 0) is 4.74 Å². The molecule has 1 aliphatic heterocycles. The lowest BCUT2D eigenvalue weighted by Gasteiger charge is -2.32. The summed E-state index contributed by atoms with van der Waals surface area (Å²) in [4.78, 5) is 6.84. The number of hydrogen-bond acceptors (Lipinski definition) is 6. The molecule has 1 fully saturated rings. The van der Waals surface area contributed by atoms with Crippen LogP contribution in [0, 0.1) is 0 Å². The van der Waals surface area contributed by atoms with Crippen LogP contribution < -0.4 is 4.90 Å². The number of nitrogens with zero attached hydrogens (tertiary/aromatic N) is 4. The van der Waals surface area contributed by atoms with Gasteiger partial charge in [-0.2, -0.15) is 5.10 Å². The molecule has 6 nitrogen and oxygen atoms in total. The van der Waals surface area contributed by atoms with Crippen LogP contribution in [0.15, 0.2) is 40.9 Å². The van der Waals surface area contributed by atoms with Crippen LogP contribution >= 0.6 is 0 Å². The molecule has 0 radical (unpaired) electrons. The number of anilines is 1. The van der Waals surface area contributed by atoms with Crippen LogP contribution in [0.25, 0.3) is 22.4 Å². The average Bonchev–Trinajstić information content (AvgIpc) is 3.11. The first-order valence-electron chi connectivity index (χ1n) is 8.88. The van der Waals surface area contributed by atoms with Gasteiger partial charge in [0.1, 0.15) is 11.3 Å². The predicted octanol–water partition coefficient (Wildman–Crippen LogP) is 3.68. The molecule has 4 rings (SSSR count). The Morgan fingerprint density at radius 1 is 1.32 bits per heavy atom. The number of rotatable bonds is 5. The van der Waals surface area contributed by atoms with Gasteiger partial charge in [-0.05, 0) is 31.4 Å². The summed E-state index contributed by atoms with van der Waals surface area (Å²) in [6.45, 7) is 4.67. The second-order valence-electron chi connectivity index (χ2n) is 6.37. The Morgan fingerprint density at radius 2 is 2.24 bits per heavy atom. The molecule has 3 aromatic rings. The number of para-hydroxylation sites is 1. The Bertz CT molecular complexity index is 815. The monoisotopic (exact) mass is 338 g/mol. The summed E-state index contributed by atoms with van der Waals surface area (Å²) in [5.41, 5.74) is 1.56. The highest BCUT2D eigenvalue weighted by molar-refractivity contribution is 5.82. The molecule has 2 aromatic heterocycles. The lowest BCUT2D eigenvalue weighted by Crippen LogP contribution is -2.40. The van der Waals surface area contributed by atoms with E-state index in [1.807, 2.05) is 30.3 Å². The maximum Gasteiger partial charge on any atom is 0.246 e.